The molecule has 128 valence electrons. The van der Waals surface area contributed by atoms with E-state index >= 15 is 0 Å². The number of aromatic nitrogens is 1. The fourth-order valence-electron chi connectivity index (χ4n) is 2.97. The first-order valence-electron chi connectivity index (χ1n) is 8.38. The summed E-state index contributed by atoms with van der Waals surface area (Å²) in [5.41, 5.74) is 2.30. The molecule has 3 heterocycles. The van der Waals surface area contributed by atoms with Gasteiger partial charge in [-0.15, -0.1) is 11.3 Å². The van der Waals surface area contributed by atoms with Gasteiger partial charge in [0.1, 0.15) is 0 Å². The molecule has 24 heavy (non-hydrogen) atoms. The molecule has 3 rings (SSSR count). The molecule has 2 unspecified atom stereocenters. The summed E-state index contributed by atoms with van der Waals surface area (Å²) in [7, 11) is 0. The second-order valence-electron chi connectivity index (χ2n) is 6.27. The van der Waals surface area contributed by atoms with Crippen molar-refractivity contribution in [2.75, 3.05) is 13.1 Å². The molecule has 0 radical (unpaired) electrons. The molecular formula is C18H24N4OS. The van der Waals surface area contributed by atoms with Gasteiger partial charge < -0.3 is 10.6 Å². The highest BCUT2D eigenvalue weighted by Crippen LogP contribution is 2.24. The van der Waals surface area contributed by atoms with Crippen LogP contribution >= 0.6 is 11.3 Å². The van der Waals surface area contributed by atoms with Crippen molar-refractivity contribution >= 4 is 17.4 Å². The fourth-order valence-corrected chi connectivity index (χ4v) is 3.86. The molecule has 2 aromatic heterocycles. The molecule has 0 saturated heterocycles. The Bertz CT molecular complexity index is 673. The normalized spacial score (nSPS) is 16.9. The fraction of sp³-hybridized carbons (Fsp3) is 0.444. The molecule has 5 nitrogen and oxygen atoms in total. The predicted molar refractivity (Wildman–Crippen MR) is 97.1 cm³/mol. The third kappa shape index (κ3) is 4.13. The van der Waals surface area contributed by atoms with Crippen LogP contribution in [0.2, 0.25) is 0 Å². The number of carbonyl (C=O) groups excluding carboxylic acids is 1. The third-order valence-corrected chi connectivity index (χ3v) is 5.52. The molecule has 0 spiro atoms. The Kier molecular flexibility index (Phi) is 5.48. The molecule has 6 heteroatoms. The maximum Gasteiger partial charge on any atom is 0.315 e. The van der Waals surface area contributed by atoms with Crippen LogP contribution in [0.5, 0.6) is 0 Å². The average molecular weight is 344 g/mol. The van der Waals surface area contributed by atoms with E-state index in [0.29, 0.717) is 12.6 Å². The van der Waals surface area contributed by atoms with E-state index in [4.69, 9.17) is 0 Å². The van der Waals surface area contributed by atoms with Gasteiger partial charge in [0.25, 0.3) is 0 Å². The topological polar surface area (TPSA) is 57.3 Å². The molecule has 2 N–H and O–H groups in total. The Balaban J connectivity index is 1.44. The first-order chi connectivity index (χ1) is 11.6. The van der Waals surface area contributed by atoms with Crippen molar-refractivity contribution in [3.05, 3.63) is 52.0 Å². The third-order valence-electron chi connectivity index (χ3n) is 4.50. The minimum Gasteiger partial charge on any atom is -0.337 e. The number of hydrogen-bond donors (Lipinski definition) is 2. The molecule has 2 aromatic rings. The van der Waals surface area contributed by atoms with E-state index in [0.717, 1.165) is 25.2 Å². The Labute approximate surface area is 147 Å². The lowest BCUT2D eigenvalue weighted by Gasteiger charge is -2.32. The number of carbonyl (C=O) groups is 1. The Hall–Kier alpha value is -1.92. The molecule has 1 aliphatic rings. The van der Waals surface area contributed by atoms with Gasteiger partial charge in [0.05, 0.1) is 11.7 Å². The number of rotatable bonds is 5. The number of nitrogens with one attached hydrogen (secondary N) is 2. The van der Waals surface area contributed by atoms with Crippen LogP contribution in [0.3, 0.4) is 0 Å². The molecule has 2 amide bonds. The number of hydrogen-bond acceptors (Lipinski definition) is 4. The maximum atomic E-state index is 12.1. The minimum absolute atomic E-state index is 0.107. The van der Waals surface area contributed by atoms with Gasteiger partial charge in [0.2, 0.25) is 0 Å². The largest absolute Gasteiger partial charge is 0.337 e. The van der Waals surface area contributed by atoms with Gasteiger partial charge in [-0.25, -0.2) is 4.79 Å². The van der Waals surface area contributed by atoms with Gasteiger partial charge in [-0.05, 0) is 49.4 Å². The van der Waals surface area contributed by atoms with Gasteiger partial charge in [-0.1, -0.05) is 6.07 Å². The molecule has 0 aliphatic carbocycles. The van der Waals surface area contributed by atoms with Crippen molar-refractivity contribution in [1.82, 2.24) is 20.5 Å². The molecular weight excluding hydrogens is 320 g/mol. The molecule has 0 aromatic carbocycles. The lowest BCUT2D eigenvalue weighted by molar-refractivity contribution is 0.185. The standard InChI is InChI=1S/C18H24N4OS/c1-13(22-9-6-17-15(12-22)7-10-24-17)11-20-18(23)21-14(2)16-5-3-4-8-19-16/h3-5,7-8,10,13-14H,6,9,11-12H2,1-2H3,(H2,20,21,23). The lowest BCUT2D eigenvalue weighted by atomic mass is 10.1. The van der Waals surface area contributed by atoms with Gasteiger partial charge in [0, 0.05) is 36.8 Å². The van der Waals surface area contributed by atoms with Gasteiger partial charge in [-0.2, -0.15) is 0 Å². The van der Waals surface area contributed by atoms with E-state index in [9.17, 15) is 4.79 Å². The van der Waals surface area contributed by atoms with Crippen LogP contribution < -0.4 is 10.6 Å². The smallest absolute Gasteiger partial charge is 0.315 e. The quantitative estimate of drug-likeness (QED) is 0.877. The SMILES string of the molecule is CC(NC(=O)NCC(C)N1CCc2sccc2C1)c1ccccn1. The molecule has 0 bridgehead atoms. The lowest BCUT2D eigenvalue weighted by Crippen LogP contribution is -2.46. The summed E-state index contributed by atoms with van der Waals surface area (Å²) in [6, 6.07) is 7.99. The van der Waals surface area contributed by atoms with Crippen LogP contribution in [0.15, 0.2) is 35.8 Å². The zero-order valence-electron chi connectivity index (χ0n) is 14.2. The monoisotopic (exact) mass is 344 g/mol. The van der Waals surface area contributed by atoms with Crippen molar-refractivity contribution in [1.29, 1.82) is 0 Å². The van der Waals surface area contributed by atoms with Crippen molar-refractivity contribution in [3.8, 4) is 0 Å². The van der Waals surface area contributed by atoms with Crippen molar-refractivity contribution in [3.63, 3.8) is 0 Å². The van der Waals surface area contributed by atoms with Gasteiger partial charge in [-0.3, -0.25) is 9.88 Å². The van der Waals surface area contributed by atoms with E-state index in [1.807, 2.05) is 36.5 Å². The average Bonchev–Trinajstić information content (AvgIpc) is 3.08. The minimum atomic E-state index is -0.145. The number of nitrogens with zero attached hydrogens (tertiary/aromatic N) is 2. The Morgan fingerprint density at radius 1 is 1.38 bits per heavy atom. The summed E-state index contributed by atoms with van der Waals surface area (Å²) in [5.74, 6) is 0. The number of urea groups is 1. The van der Waals surface area contributed by atoms with Crippen molar-refractivity contribution in [2.24, 2.45) is 0 Å². The van der Waals surface area contributed by atoms with E-state index in [-0.39, 0.29) is 12.1 Å². The summed E-state index contributed by atoms with van der Waals surface area (Å²) >= 11 is 1.85. The number of amides is 2. The number of pyridine rings is 1. The molecule has 0 fully saturated rings. The van der Waals surface area contributed by atoms with E-state index < -0.39 is 0 Å². The van der Waals surface area contributed by atoms with Crippen molar-refractivity contribution < 1.29 is 4.79 Å². The summed E-state index contributed by atoms with van der Waals surface area (Å²) < 4.78 is 0. The Morgan fingerprint density at radius 2 is 2.25 bits per heavy atom. The van der Waals surface area contributed by atoms with Crippen LogP contribution in [0.25, 0.3) is 0 Å². The summed E-state index contributed by atoms with van der Waals surface area (Å²) in [5, 5.41) is 8.09. The van der Waals surface area contributed by atoms with E-state index in [1.165, 1.54) is 10.4 Å². The van der Waals surface area contributed by atoms with E-state index in [1.54, 1.807) is 6.20 Å². The second kappa shape index (κ2) is 7.77. The number of thiophene rings is 1. The highest BCUT2D eigenvalue weighted by molar-refractivity contribution is 7.10. The Morgan fingerprint density at radius 3 is 3.04 bits per heavy atom. The van der Waals surface area contributed by atoms with Crippen LogP contribution in [0, 0.1) is 0 Å². The van der Waals surface area contributed by atoms with Gasteiger partial charge in [0.15, 0.2) is 0 Å². The van der Waals surface area contributed by atoms with E-state index in [2.05, 4.69) is 38.9 Å². The first-order valence-corrected chi connectivity index (χ1v) is 9.26. The van der Waals surface area contributed by atoms with Crippen LogP contribution in [0.1, 0.15) is 36.0 Å². The summed E-state index contributed by atoms with van der Waals surface area (Å²) in [6.45, 7) is 6.78. The first kappa shape index (κ1) is 16.9. The van der Waals surface area contributed by atoms with Crippen LogP contribution in [0.4, 0.5) is 4.79 Å². The zero-order chi connectivity index (χ0) is 16.9. The highest BCUT2D eigenvalue weighted by atomic mass is 32.1. The second-order valence-corrected chi connectivity index (χ2v) is 7.27. The van der Waals surface area contributed by atoms with Crippen LogP contribution in [-0.2, 0) is 13.0 Å². The zero-order valence-corrected chi connectivity index (χ0v) is 15.0. The highest BCUT2D eigenvalue weighted by Gasteiger charge is 2.21. The predicted octanol–water partition coefficient (Wildman–Crippen LogP) is 2.95. The molecule has 0 saturated carbocycles. The molecule has 2 atom stereocenters. The summed E-state index contributed by atoms with van der Waals surface area (Å²) in [4.78, 5) is 20.3. The summed E-state index contributed by atoms with van der Waals surface area (Å²) in [6.07, 6.45) is 2.85. The van der Waals surface area contributed by atoms with Gasteiger partial charge >= 0.3 is 6.03 Å². The number of fused-ring (bicyclic) bond motifs is 1. The molecule has 1 aliphatic heterocycles. The maximum absolute atomic E-state index is 12.1. The van der Waals surface area contributed by atoms with Crippen molar-refractivity contribution in [2.45, 2.75) is 38.9 Å². The van der Waals surface area contributed by atoms with Crippen LogP contribution in [-0.4, -0.2) is 35.0 Å².